The summed E-state index contributed by atoms with van der Waals surface area (Å²) >= 11 is 0. The van der Waals surface area contributed by atoms with E-state index >= 15 is 0 Å². The third-order valence-electron chi connectivity index (χ3n) is 7.13. The van der Waals surface area contributed by atoms with Crippen molar-refractivity contribution in [1.29, 1.82) is 0 Å². The standard InChI is InChI=1S/C29H27NO3/c1-19-7-6-8-20(13-19)21-14-22-16-32-17-23(15-21)30(22)29(31)33-18-28-26-11-4-2-9-24(26)25-10-3-5-12-27(25)28/h2-14,22-23,28H,15-18H2,1H3. The Labute approximate surface area is 194 Å². The first-order valence-corrected chi connectivity index (χ1v) is 11.7. The Kier molecular flexibility index (Phi) is 5.03. The molecule has 2 aliphatic heterocycles. The van der Waals surface area contributed by atoms with Gasteiger partial charge in [0.1, 0.15) is 6.61 Å². The summed E-state index contributed by atoms with van der Waals surface area (Å²) in [4.78, 5) is 15.2. The maximum Gasteiger partial charge on any atom is 0.410 e. The molecule has 0 saturated carbocycles. The molecule has 2 heterocycles. The van der Waals surface area contributed by atoms with Gasteiger partial charge in [-0.2, -0.15) is 0 Å². The Morgan fingerprint density at radius 1 is 0.970 bits per heavy atom. The predicted molar refractivity (Wildman–Crippen MR) is 129 cm³/mol. The minimum absolute atomic E-state index is 0.0000807. The van der Waals surface area contributed by atoms with Gasteiger partial charge in [-0.05, 0) is 46.7 Å². The van der Waals surface area contributed by atoms with Crippen LogP contribution >= 0.6 is 0 Å². The fourth-order valence-electron chi connectivity index (χ4n) is 5.61. The summed E-state index contributed by atoms with van der Waals surface area (Å²) < 4.78 is 11.8. The van der Waals surface area contributed by atoms with Crippen LogP contribution in [0.15, 0.2) is 78.9 Å². The van der Waals surface area contributed by atoms with Crippen molar-refractivity contribution in [3.8, 4) is 11.1 Å². The van der Waals surface area contributed by atoms with Gasteiger partial charge in [0, 0.05) is 5.92 Å². The molecule has 3 aromatic carbocycles. The molecule has 0 spiro atoms. The maximum absolute atomic E-state index is 13.3. The second-order valence-electron chi connectivity index (χ2n) is 9.24. The van der Waals surface area contributed by atoms with Crippen LogP contribution in [-0.4, -0.2) is 42.9 Å². The lowest BCUT2D eigenvalue weighted by atomic mass is 9.89. The molecule has 4 nitrogen and oxygen atoms in total. The molecular formula is C29H27NO3. The van der Waals surface area contributed by atoms with Crippen molar-refractivity contribution in [2.24, 2.45) is 0 Å². The van der Waals surface area contributed by atoms with Crippen molar-refractivity contribution in [3.05, 3.63) is 101 Å². The first kappa shape index (κ1) is 20.3. The fourth-order valence-corrected chi connectivity index (χ4v) is 5.61. The molecule has 0 N–H and O–H groups in total. The largest absolute Gasteiger partial charge is 0.448 e. The number of hydrogen-bond acceptors (Lipinski definition) is 3. The zero-order chi connectivity index (χ0) is 22.4. The van der Waals surface area contributed by atoms with E-state index in [1.807, 2.05) is 4.90 Å². The van der Waals surface area contributed by atoms with E-state index in [1.54, 1.807) is 0 Å². The van der Waals surface area contributed by atoms with Gasteiger partial charge in [-0.3, -0.25) is 4.90 Å². The van der Waals surface area contributed by atoms with Gasteiger partial charge in [-0.25, -0.2) is 4.79 Å². The molecule has 4 heteroatoms. The minimum Gasteiger partial charge on any atom is -0.448 e. The van der Waals surface area contributed by atoms with Gasteiger partial charge in [0.05, 0.1) is 25.3 Å². The van der Waals surface area contributed by atoms with Gasteiger partial charge < -0.3 is 9.47 Å². The van der Waals surface area contributed by atoms with Crippen molar-refractivity contribution in [2.45, 2.75) is 31.3 Å². The molecular weight excluding hydrogens is 410 g/mol. The first-order valence-electron chi connectivity index (χ1n) is 11.7. The smallest absolute Gasteiger partial charge is 0.410 e. The molecule has 0 aromatic heterocycles. The molecule has 2 atom stereocenters. The van der Waals surface area contributed by atoms with E-state index < -0.39 is 0 Å². The van der Waals surface area contributed by atoms with Gasteiger partial charge in [0.15, 0.2) is 0 Å². The topological polar surface area (TPSA) is 38.8 Å². The molecule has 3 aliphatic rings. The van der Waals surface area contributed by atoms with Crippen LogP contribution in [0.1, 0.15) is 34.6 Å². The second kappa shape index (κ2) is 8.20. The van der Waals surface area contributed by atoms with Gasteiger partial charge in [0.25, 0.3) is 0 Å². The lowest BCUT2D eigenvalue weighted by molar-refractivity contribution is -0.0331. The lowest BCUT2D eigenvalue weighted by Crippen LogP contribution is -2.56. The highest BCUT2D eigenvalue weighted by atomic mass is 16.6. The van der Waals surface area contributed by atoms with Crippen molar-refractivity contribution < 1.29 is 14.3 Å². The van der Waals surface area contributed by atoms with E-state index in [0.29, 0.717) is 19.8 Å². The molecule has 6 rings (SSSR count). The number of benzene rings is 3. The molecule has 33 heavy (non-hydrogen) atoms. The summed E-state index contributed by atoms with van der Waals surface area (Å²) in [5.41, 5.74) is 8.71. The van der Waals surface area contributed by atoms with Crippen LogP contribution in [0, 0.1) is 6.92 Å². The summed E-state index contributed by atoms with van der Waals surface area (Å²) in [5, 5.41) is 0. The molecule has 1 fully saturated rings. The fraction of sp³-hybridized carbons (Fsp3) is 0.276. The highest BCUT2D eigenvalue weighted by Gasteiger charge is 2.39. The summed E-state index contributed by atoms with van der Waals surface area (Å²) in [6, 6.07) is 25.3. The predicted octanol–water partition coefficient (Wildman–Crippen LogP) is 5.80. The van der Waals surface area contributed by atoms with Crippen LogP contribution in [0.5, 0.6) is 0 Å². The third kappa shape index (κ3) is 3.55. The summed E-state index contributed by atoms with van der Waals surface area (Å²) in [6.07, 6.45) is 2.73. The lowest BCUT2D eigenvalue weighted by Gasteiger charge is -2.44. The SMILES string of the molecule is Cc1cccc(C2=CC3COCC(C2)N3C(=O)OCC2c3ccccc3-c3ccccc32)c1. The zero-order valence-corrected chi connectivity index (χ0v) is 18.7. The van der Waals surface area contributed by atoms with Crippen LogP contribution < -0.4 is 0 Å². The van der Waals surface area contributed by atoms with Gasteiger partial charge in [-0.1, -0.05) is 84.4 Å². The number of nitrogens with zero attached hydrogens (tertiary/aromatic N) is 1. The van der Waals surface area contributed by atoms with Crippen LogP contribution in [0.2, 0.25) is 0 Å². The molecule has 1 aliphatic carbocycles. The number of morpholine rings is 1. The molecule has 166 valence electrons. The summed E-state index contributed by atoms with van der Waals surface area (Å²) in [6.45, 7) is 3.51. The van der Waals surface area contributed by atoms with Crippen molar-refractivity contribution in [3.63, 3.8) is 0 Å². The molecule has 2 bridgehead atoms. The van der Waals surface area contributed by atoms with Crippen LogP contribution in [-0.2, 0) is 9.47 Å². The first-order chi connectivity index (χ1) is 16.2. The van der Waals surface area contributed by atoms with Crippen LogP contribution in [0.25, 0.3) is 16.7 Å². The third-order valence-corrected chi connectivity index (χ3v) is 7.13. The Hall–Kier alpha value is -3.37. The highest BCUT2D eigenvalue weighted by Crippen LogP contribution is 2.44. The molecule has 1 amide bonds. The Balaban J connectivity index is 1.22. The highest BCUT2D eigenvalue weighted by molar-refractivity contribution is 5.79. The number of fused-ring (bicyclic) bond motifs is 5. The number of carbonyl (C=O) groups is 1. The Morgan fingerprint density at radius 2 is 1.70 bits per heavy atom. The summed E-state index contributed by atoms with van der Waals surface area (Å²) in [7, 11) is 0. The molecule has 0 radical (unpaired) electrons. The number of ether oxygens (including phenoxy) is 2. The van der Waals surface area contributed by atoms with Gasteiger partial charge in [-0.15, -0.1) is 0 Å². The molecule has 3 aromatic rings. The van der Waals surface area contributed by atoms with E-state index in [4.69, 9.17) is 9.47 Å². The van der Waals surface area contributed by atoms with Crippen molar-refractivity contribution in [2.75, 3.05) is 19.8 Å². The number of carbonyl (C=O) groups excluding carboxylic acids is 1. The summed E-state index contributed by atoms with van der Waals surface area (Å²) in [5.74, 6) is 0.0700. The number of rotatable bonds is 3. The van der Waals surface area contributed by atoms with E-state index in [2.05, 4.69) is 85.8 Å². The van der Waals surface area contributed by atoms with E-state index in [1.165, 1.54) is 39.0 Å². The number of amides is 1. The quantitative estimate of drug-likeness (QED) is 0.520. The van der Waals surface area contributed by atoms with Crippen LogP contribution in [0.4, 0.5) is 4.79 Å². The average molecular weight is 438 g/mol. The van der Waals surface area contributed by atoms with Gasteiger partial charge >= 0.3 is 6.09 Å². The van der Waals surface area contributed by atoms with Crippen molar-refractivity contribution >= 4 is 11.7 Å². The van der Waals surface area contributed by atoms with E-state index in [9.17, 15) is 4.79 Å². The van der Waals surface area contributed by atoms with Gasteiger partial charge in [0.2, 0.25) is 0 Å². The molecule has 2 unspecified atom stereocenters. The monoisotopic (exact) mass is 437 g/mol. The van der Waals surface area contributed by atoms with E-state index in [-0.39, 0.29) is 24.1 Å². The number of aryl methyl sites for hydroxylation is 1. The second-order valence-corrected chi connectivity index (χ2v) is 9.24. The van der Waals surface area contributed by atoms with Crippen LogP contribution in [0.3, 0.4) is 0 Å². The molecule has 1 saturated heterocycles. The average Bonchev–Trinajstić information content (AvgIpc) is 3.15. The Bertz CT molecular complexity index is 1200. The minimum atomic E-state index is -0.241. The maximum atomic E-state index is 13.3. The normalized spacial score (nSPS) is 21.2. The van der Waals surface area contributed by atoms with E-state index in [0.717, 1.165) is 6.42 Å². The Morgan fingerprint density at radius 3 is 2.39 bits per heavy atom. The number of hydrogen-bond donors (Lipinski definition) is 0. The zero-order valence-electron chi connectivity index (χ0n) is 18.7. The van der Waals surface area contributed by atoms with Crippen molar-refractivity contribution in [1.82, 2.24) is 4.90 Å².